The molecule has 5 heteroatoms. The van der Waals surface area contributed by atoms with Gasteiger partial charge in [-0.25, -0.2) is 0 Å². The second-order valence-corrected chi connectivity index (χ2v) is 7.09. The van der Waals surface area contributed by atoms with Crippen molar-refractivity contribution in [2.75, 3.05) is 7.11 Å². The molecule has 6 atom stereocenters. The van der Waals surface area contributed by atoms with Gasteiger partial charge >= 0.3 is 5.97 Å². The molecule has 1 saturated carbocycles. The molecule has 2 spiro atoms. The van der Waals surface area contributed by atoms with Crippen molar-refractivity contribution in [3.8, 4) is 0 Å². The Kier molecular flexibility index (Phi) is 2.00. The average Bonchev–Trinajstić information content (AvgIpc) is 3.21. The monoisotopic (exact) mass is 302 g/mol. The molecule has 0 N–H and O–H groups in total. The maximum absolute atomic E-state index is 13.0. The van der Waals surface area contributed by atoms with Crippen molar-refractivity contribution in [3.63, 3.8) is 0 Å². The number of Topliss-reactive ketones (excluding diaryl/α,β-unsaturated/α-hetero) is 1. The summed E-state index contributed by atoms with van der Waals surface area (Å²) < 4.78 is 17.8. The van der Waals surface area contributed by atoms with Gasteiger partial charge in [0.15, 0.2) is 0 Å². The van der Waals surface area contributed by atoms with E-state index in [0.717, 1.165) is 19.3 Å². The molecular weight excluding hydrogens is 284 g/mol. The third-order valence-corrected chi connectivity index (χ3v) is 6.69. The van der Waals surface area contributed by atoms with Gasteiger partial charge in [-0.2, -0.15) is 0 Å². The first-order valence-electron chi connectivity index (χ1n) is 7.85. The zero-order chi connectivity index (χ0) is 15.4. The summed E-state index contributed by atoms with van der Waals surface area (Å²) in [5, 5.41) is 0. The zero-order valence-corrected chi connectivity index (χ0v) is 12.6. The Labute approximate surface area is 128 Å². The van der Waals surface area contributed by atoms with Crippen LogP contribution in [-0.4, -0.2) is 42.3 Å². The number of methoxy groups -OCH3 is 1. The van der Waals surface area contributed by atoms with E-state index >= 15 is 0 Å². The molecule has 3 fully saturated rings. The number of ether oxygens (including phenoxy) is 3. The van der Waals surface area contributed by atoms with Crippen molar-refractivity contribution in [1.29, 1.82) is 0 Å². The number of hydrogen-bond donors (Lipinski definition) is 0. The van der Waals surface area contributed by atoms with Crippen LogP contribution in [-0.2, 0) is 23.8 Å². The Hall–Kier alpha value is -1.46. The first kappa shape index (κ1) is 13.0. The van der Waals surface area contributed by atoms with E-state index < -0.39 is 40.2 Å². The topological polar surface area (TPSA) is 61.8 Å². The van der Waals surface area contributed by atoms with Gasteiger partial charge in [-0.3, -0.25) is 9.59 Å². The van der Waals surface area contributed by atoms with Crippen molar-refractivity contribution in [2.45, 2.75) is 49.6 Å². The largest absolute Gasteiger partial charge is 0.468 e. The highest BCUT2D eigenvalue weighted by Gasteiger charge is 2.92. The smallest absolute Gasteiger partial charge is 0.319 e. The summed E-state index contributed by atoms with van der Waals surface area (Å²) in [6.07, 6.45) is 9.31. The molecule has 5 aliphatic rings. The molecule has 4 aliphatic heterocycles. The van der Waals surface area contributed by atoms with Crippen LogP contribution in [0.3, 0.4) is 0 Å². The van der Waals surface area contributed by atoms with Gasteiger partial charge in [-0.15, -0.1) is 0 Å². The number of carbonyl (C=O) groups excluding carboxylic acids is 2. The number of esters is 1. The Balaban J connectivity index is 1.92. The second-order valence-electron chi connectivity index (χ2n) is 7.09. The minimum absolute atomic E-state index is 0.0312. The molecule has 2 saturated heterocycles. The Morgan fingerprint density at radius 1 is 1.09 bits per heavy atom. The zero-order valence-electron chi connectivity index (χ0n) is 12.6. The van der Waals surface area contributed by atoms with Crippen molar-refractivity contribution in [3.05, 3.63) is 24.3 Å². The number of hydrogen-bond acceptors (Lipinski definition) is 5. The first-order chi connectivity index (χ1) is 10.5. The van der Waals surface area contributed by atoms with Crippen LogP contribution in [0.1, 0.15) is 26.2 Å². The summed E-state index contributed by atoms with van der Waals surface area (Å²) in [5.41, 5.74) is -3.57. The minimum atomic E-state index is -1.09. The molecule has 0 radical (unpaired) electrons. The lowest BCUT2D eigenvalue weighted by Crippen LogP contribution is -2.71. The lowest BCUT2D eigenvalue weighted by Gasteiger charge is -2.56. The van der Waals surface area contributed by atoms with Crippen LogP contribution in [0.2, 0.25) is 0 Å². The summed E-state index contributed by atoms with van der Waals surface area (Å²) in [7, 11) is 1.37. The lowest BCUT2D eigenvalue weighted by molar-refractivity contribution is -0.173. The van der Waals surface area contributed by atoms with Crippen molar-refractivity contribution >= 4 is 11.8 Å². The molecule has 0 aromatic rings. The molecule has 5 nitrogen and oxygen atoms in total. The van der Waals surface area contributed by atoms with E-state index in [-0.39, 0.29) is 5.78 Å². The third-order valence-electron chi connectivity index (χ3n) is 6.69. The van der Waals surface area contributed by atoms with E-state index in [1.807, 2.05) is 24.3 Å². The van der Waals surface area contributed by atoms with Crippen LogP contribution in [0.5, 0.6) is 0 Å². The molecule has 5 rings (SSSR count). The highest BCUT2D eigenvalue weighted by atomic mass is 16.6. The fraction of sp³-hybridized carbons (Fsp3) is 0.647. The molecule has 116 valence electrons. The van der Waals surface area contributed by atoms with Gasteiger partial charge in [0.1, 0.15) is 27.8 Å². The summed E-state index contributed by atoms with van der Waals surface area (Å²) in [6.45, 7) is 1.57. The summed E-state index contributed by atoms with van der Waals surface area (Å²) in [6, 6.07) is 0. The van der Waals surface area contributed by atoms with E-state index in [1.54, 1.807) is 6.92 Å². The van der Waals surface area contributed by atoms with Crippen LogP contribution in [0.25, 0.3) is 0 Å². The highest BCUT2D eigenvalue weighted by Crippen LogP contribution is 2.79. The molecule has 4 bridgehead atoms. The van der Waals surface area contributed by atoms with Gasteiger partial charge in [0.05, 0.1) is 19.3 Å². The van der Waals surface area contributed by atoms with Crippen LogP contribution in [0.4, 0.5) is 0 Å². The molecule has 22 heavy (non-hydrogen) atoms. The van der Waals surface area contributed by atoms with E-state index in [4.69, 9.17) is 14.2 Å². The quantitative estimate of drug-likeness (QED) is 0.569. The van der Waals surface area contributed by atoms with Crippen molar-refractivity contribution in [2.24, 2.45) is 10.8 Å². The Morgan fingerprint density at radius 2 is 1.64 bits per heavy atom. The van der Waals surface area contributed by atoms with Crippen LogP contribution in [0, 0.1) is 10.8 Å². The fourth-order valence-electron chi connectivity index (χ4n) is 6.37. The van der Waals surface area contributed by atoms with Crippen LogP contribution >= 0.6 is 0 Å². The van der Waals surface area contributed by atoms with Gasteiger partial charge < -0.3 is 14.2 Å². The van der Waals surface area contributed by atoms with Gasteiger partial charge in [-0.05, 0) is 26.2 Å². The molecule has 1 aliphatic carbocycles. The van der Waals surface area contributed by atoms with E-state index in [1.165, 1.54) is 7.11 Å². The number of fused-ring (bicyclic) bond motifs is 4. The molecule has 4 heterocycles. The highest BCUT2D eigenvalue weighted by molar-refractivity contribution is 5.99. The van der Waals surface area contributed by atoms with Gasteiger partial charge in [0, 0.05) is 0 Å². The van der Waals surface area contributed by atoms with Crippen molar-refractivity contribution in [1.82, 2.24) is 0 Å². The van der Waals surface area contributed by atoms with E-state index in [9.17, 15) is 9.59 Å². The molecule has 0 aromatic carbocycles. The van der Waals surface area contributed by atoms with E-state index in [2.05, 4.69) is 0 Å². The molecule has 0 aromatic heterocycles. The molecular formula is C17H18O5. The predicted molar refractivity (Wildman–Crippen MR) is 74.9 cm³/mol. The molecule has 2 unspecified atom stereocenters. The van der Waals surface area contributed by atoms with Crippen LogP contribution < -0.4 is 0 Å². The fourth-order valence-corrected chi connectivity index (χ4v) is 6.37. The van der Waals surface area contributed by atoms with Gasteiger partial charge in [0.25, 0.3) is 0 Å². The summed E-state index contributed by atoms with van der Waals surface area (Å²) in [4.78, 5) is 26.0. The SMILES string of the molecule is COC(=O)C12[C@@H]3C=C[C@@]4(CCC[C@]5(C=C[C@H]1O5)C24C(C)=O)O3. The van der Waals surface area contributed by atoms with Gasteiger partial charge in [0.2, 0.25) is 0 Å². The minimum Gasteiger partial charge on any atom is -0.468 e. The van der Waals surface area contributed by atoms with Gasteiger partial charge in [-0.1, -0.05) is 24.3 Å². The predicted octanol–water partition coefficient (Wildman–Crippen LogP) is 1.32. The average molecular weight is 302 g/mol. The summed E-state index contributed by atoms with van der Waals surface area (Å²) in [5.74, 6) is -0.423. The standard InChI is InChI=1S/C17H18O5/c1-10(18)17-14-6-3-7-15(17)9-5-12(22-15)16(17,13(19)20-2)11(21-14)4-8-14/h4-5,8-9,11-12H,3,6-7H2,1-2H3/t11-,12+,14+,15-,16?,17?. The second kappa shape index (κ2) is 3.39. The third kappa shape index (κ3) is 0.858. The number of carbonyl (C=O) groups is 2. The summed E-state index contributed by atoms with van der Waals surface area (Å²) >= 11 is 0. The maximum atomic E-state index is 13.0. The Bertz CT molecular complexity index is 641. The van der Waals surface area contributed by atoms with E-state index in [0.29, 0.717) is 0 Å². The maximum Gasteiger partial charge on any atom is 0.319 e. The lowest BCUT2D eigenvalue weighted by atomic mass is 9.41. The first-order valence-corrected chi connectivity index (χ1v) is 7.85. The Morgan fingerprint density at radius 3 is 2.09 bits per heavy atom. The molecule has 0 amide bonds. The normalized spacial score (nSPS) is 55.5. The van der Waals surface area contributed by atoms with Crippen molar-refractivity contribution < 1.29 is 23.8 Å². The number of ketones is 1. The number of rotatable bonds is 2. The van der Waals surface area contributed by atoms with Crippen LogP contribution in [0.15, 0.2) is 24.3 Å².